The second-order valence-corrected chi connectivity index (χ2v) is 11.7. The number of methoxy groups -OCH3 is 1. The first-order chi connectivity index (χ1) is 19.6. The van der Waals surface area contributed by atoms with Crippen LogP contribution in [0.3, 0.4) is 0 Å². The zero-order chi connectivity index (χ0) is 30.2. The SMILES string of the molecule is COCCCOc1ccccc1C(=O)NCC(CC(N)C(O)CC(C(=O)NCCN1CCOCC1)C(C)C)C(C)C.Cl.Cl. The Morgan fingerprint density at radius 3 is 2.33 bits per heavy atom. The Bertz CT molecular complexity index is 905. The Hall–Kier alpha value is -1.66. The zero-order valence-electron chi connectivity index (χ0n) is 26.6. The molecule has 1 saturated heterocycles. The van der Waals surface area contributed by atoms with Crippen molar-refractivity contribution in [2.75, 3.05) is 66.3 Å². The van der Waals surface area contributed by atoms with E-state index < -0.39 is 12.1 Å². The van der Waals surface area contributed by atoms with E-state index in [2.05, 4.69) is 29.4 Å². The number of carbonyl (C=O) groups excluding carboxylic acids is 2. The first-order valence-electron chi connectivity index (χ1n) is 15.1. The average Bonchev–Trinajstić information content (AvgIpc) is 2.96. The van der Waals surface area contributed by atoms with E-state index in [4.69, 9.17) is 19.9 Å². The highest BCUT2D eigenvalue weighted by Gasteiger charge is 2.30. The van der Waals surface area contributed by atoms with Crippen LogP contribution < -0.4 is 21.1 Å². The van der Waals surface area contributed by atoms with Crippen LogP contribution in [0.2, 0.25) is 0 Å². The first kappa shape index (κ1) is 41.3. The van der Waals surface area contributed by atoms with Gasteiger partial charge in [-0.25, -0.2) is 0 Å². The van der Waals surface area contributed by atoms with Gasteiger partial charge in [-0.2, -0.15) is 0 Å². The Morgan fingerprint density at radius 2 is 1.70 bits per heavy atom. The van der Waals surface area contributed by atoms with E-state index in [0.717, 1.165) is 39.3 Å². The number of aliphatic hydroxyl groups is 1. The number of aliphatic hydroxyl groups excluding tert-OH is 1. The topological polar surface area (TPSA) is 135 Å². The van der Waals surface area contributed by atoms with Crippen LogP contribution in [0.25, 0.3) is 0 Å². The molecule has 0 bridgehead atoms. The van der Waals surface area contributed by atoms with E-state index in [1.807, 2.05) is 26.0 Å². The molecule has 0 aromatic heterocycles. The summed E-state index contributed by atoms with van der Waals surface area (Å²) in [4.78, 5) is 28.3. The number of hydrogen-bond acceptors (Lipinski definition) is 8. The average molecular weight is 652 g/mol. The van der Waals surface area contributed by atoms with Gasteiger partial charge in [-0.05, 0) is 42.7 Å². The van der Waals surface area contributed by atoms with Crippen LogP contribution in [0, 0.1) is 23.7 Å². The van der Waals surface area contributed by atoms with E-state index in [1.165, 1.54) is 0 Å². The first-order valence-corrected chi connectivity index (χ1v) is 15.1. The van der Waals surface area contributed by atoms with Crippen LogP contribution >= 0.6 is 24.8 Å². The van der Waals surface area contributed by atoms with Gasteiger partial charge in [0.05, 0.1) is 31.5 Å². The van der Waals surface area contributed by atoms with Gasteiger partial charge in [0.25, 0.3) is 5.91 Å². The molecule has 1 aliphatic rings. The van der Waals surface area contributed by atoms with Crippen molar-refractivity contribution in [2.24, 2.45) is 29.4 Å². The highest BCUT2D eigenvalue weighted by molar-refractivity contribution is 5.96. The summed E-state index contributed by atoms with van der Waals surface area (Å²) in [5, 5.41) is 17.1. The van der Waals surface area contributed by atoms with Crippen molar-refractivity contribution < 1.29 is 28.9 Å². The maximum Gasteiger partial charge on any atom is 0.255 e. The molecule has 5 N–H and O–H groups in total. The van der Waals surface area contributed by atoms with Crippen molar-refractivity contribution in [3.63, 3.8) is 0 Å². The summed E-state index contributed by atoms with van der Waals surface area (Å²) in [5.74, 6) is 0.306. The summed E-state index contributed by atoms with van der Waals surface area (Å²) in [5.41, 5.74) is 6.96. The van der Waals surface area contributed by atoms with Gasteiger partial charge >= 0.3 is 0 Å². The largest absolute Gasteiger partial charge is 0.493 e. The molecule has 2 rings (SSSR count). The molecular formula is C31H56Cl2N4O6. The van der Waals surface area contributed by atoms with Gasteiger partial charge < -0.3 is 35.7 Å². The summed E-state index contributed by atoms with van der Waals surface area (Å²) in [6, 6.07) is 6.68. The third-order valence-corrected chi connectivity index (χ3v) is 7.89. The minimum atomic E-state index is -0.828. The lowest BCUT2D eigenvalue weighted by Crippen LogP contribution is -2.45. The molecular weight excluding hydrogens is 595 g/mol. The fourth-order valence-electron chi connectivity index (χ4n) is 4.99. The maximum absolute atomic E-state index is 13.0. The van der Waals surface area contributed by atoms with Gasteiger partial charge in [0.2, 0.25) is 5.91 Å². The predicted molar refractivity (Wildman–Crippen MR) is 175 cm³/mol. The third kappa shape index (κ3) is 15.3. The second kappa shape index (κ2) is 22.8. The van der Waals surface area contributed by atoms with Gasteiger partial charge in [-0.1, -0.05) is 39.8 Å². The summed E-state index contributed by atoms with van der Waals surface area (Å²) >= 11 is 0. The van der Waals surface area contributed by atoms with E-state index in [0.29, 0.717) is 50.5 Å². The molecule has 43 heavy (non-hydrogen) atoms. The number of ether oxygens (including phenoxy) is 3. The van der Waals surface area contributed by atoms with Crippen LogP contribution in [-0.4, -0.2) is 100 Å². The van der Waals surface area contributed by atoms with Gasteiger partial charge in [-0.3, -0.25) is 14.5 Å². The Labute approximate surface area is 271 Å². The monoisotopic (exact) mass is 650 g/mol. The maximum atomic E-state index is 13.0. The van der Waals surface area contributed by atoms with Gasteiger partial charge in [-0.15, -0.1) is 24.8 Å². The van der Waals surface area contributed by atoms with E-state index in [-0.39, 0.29) is 60.3 Å². The van der Waals surface area contributed by atoms with Crippen LogP contribution in [-0.2, 0) is 14.3 Å². The molecule has 0 spiro atoms. The predicted octanol–water partition coefficient (Wildman–Crippen LogP) is 3.14. The molecule has 1 aromatic rings. The van der Waals surface area contributed by atoms with Crippen molar-refractivity contribution in [1.82, 2.24) is 15.5 Å². The summed E-state index contributed by atoms with van der Waals surface area (Å²) < 4.78 is 16.2. The van der Waals surface area contributed by atoms with Crippen LogP contribution in [0.5, 0.6) is 5.75 Å². The molecule has 1 heterocycles. The molecule has 4 unspecified atom stereocenters. The number of benzene rings is 1. The van der Waals surface area contributed by atoms with Gasteiger partial charge in [0, 0.05) is 64.8 Å². The van der Waals surface area contributed by atoms with Crippen molar-refractivity contribution in [2.45, 2.75) is 59.1 Å². The number of amides is 2. The highest BCUT2D eigenvalue weighted by atomic mass is 35.5. The molecule has 1 aromatic carbocycles. The van der Waals surface area contributed by atoms with Gasteiger partial charge in [0.15, 0.2) is 0 Å². The summed E-state index contributed by atoms with van der Waals surface area (Å²) in [7, 11) is 1.64. The second-order valence-electron chi connectivity index (χ2n) is 11.7. The number of nitrogens with one attached hydrogen (secondary N) is 2. The van der Waals surface area contributed by atoms with E-state index in [9.17, 15) is 14.7 Å². The number of morpholine rings is 1. The number of nitrogens with zero attached hydrogens (tertiary/aromatic N) is 1. The fraction of sp³-hybridized carbons (Fsp3) is 0.742. The number of rotatable bonds is 19. The summed E-state index contributed by atoms with van der Waals surface area (Å²) in [6.45, 7) is 14.2. The molecule has 1 aliphatic heterocycles. The molecule has 12 heteroatoms. The molecule has 2 amide bonds. The van der Waals surface area contributed by atoms with Crippen molar-refractivity contribution in [3.8, 4) is 5.75 Å². The quantitative estimate of drug-likeness (QED) is 0.168. The van der Waals surface area contributed by atoms with Crippen molar-refractivity contribution in [3.05, 3.63) is 29.8 Å². The lowest BCUT2D eigenvalue weighted by atomic mass is 9.83. The minimum absolute atomic E-state index is 0. The minimum Gasteiger partial charge on any atom is -0.493 e. The molecule has 10 nitrogen and oxygen atoms in total. The van der Waals surface area contributed by atoms with Crippen molar-refractivity contribution >= 4 is 36.6 Å². The lowest BCUT2D eigenvalue weighted by Gasteiger charge is -2.30. The van der Waals surface area contributed by atoms with Crippen LogP contribution in [0.4, 0.5) is 0 Å². The molecule has 250 valence electrons. The third-order valence-electron chi connectivity index (χ3n) is 7.89. The van der Waals surface area contributed by atoms with Crippen LogP contribution in [0.1, 0.15) is 57.3 Å². The number of halogens is 2. The lowest BCUT2D eigenvalue weighted by molar-refractivity contribution is -0.127. The molecule has 0 aliphatic carbocycles. The van der Waals surface area contributed by atoms with Crippen molar-refractivity contribution in [1.29, 1.82) is 0 Å². The number of nitrogens with two attached hydrogens (primary N) is 1. The summed E-state index contributed by atoms with van der Waals surface area (Å²) in [6.07, 6.45) is 0.728. The fourth-order valence-corrected chi connectivity index (χ4v) is 4.99. The van der Waals surface area contributed by atoms with Gasteiger partial charge in [0.1, 0.15) is 5.75 Å². The van der Waals surface area contributed by atoms with Crippen LogP contribution in [0.15, 0.2) is 24.3 Å². The molecule has 1 fully saturated rings. The smallest absolute Gasteiger partial charge is 0.255 e. The Balaban J connectivity index is 0.00000882. The highest BCUT2D eigenvalue weighted by Crippen LogP contribution is 2.24. The van der Waals surface area contributed by atoms with E-state index in [1.54, 1.807) is 19.2 Å². The number of carbonyl (C=O) groups is 2. The zero-order valence-corrected chi connectivity index (χ0v) is 28.2. The normalized spacial score (nSPS) is 16.4. The molecule has 0 radical (unpaired) electrons. The Morgan fingerprint density at radius 1 is 1.02 bits per heavy atom. The number of para-hydroxylation sites is 1. The molecule has 4 atom stereocenters. The Kier molecular flexibility index (Phi) is 21.9. The molecule has 0 saturated carbocycles. The van der Waals surface area contributed by atoms with E-state index >= 15 is 0 Å². The standard InChI is InChI=1S/C31H54N4O6.2ClH/c1-22(2)24(21-34-30(37)25-9-6-7-10-29(25)41-16-8-15-39-5)19-27(32)28(36)20-26(23(3)4)31(38)33-11-12-35-13-17-40-18-14-35;;/h6-7,9-10,22-24,26-28,36H,8,11-21,32H2,1-5H3,(H,33,38)(H,34,37);2*1H. The number of hydrogen-bond donors (Lipinski definition) is 4.